The van der Waals surface area contributed by atoms with Crippen molar-refractivity contribution in [1.82, 2.24) is 19.7 Å². The molecule has 19 heavy (non-hydrogen) atoms. The summed E-state index contributed by atoms with van der Waals surface area (Å²) < 4.78 is 1.79. The second-order valence-corrected chi connectivity index (χ2v) is 4.27. The molecule has 0 aliphatic carbocycles. The fourth-order valence-corrected chi connectivity index (χ4v) is 1.88. The van der Waals surface area contributed by atoms with Gasteiger partial charge in [0, 0.05) is 18.0 Å². The van der Waals surface area contributed by atoms with Gasteiger partial charge in [-0.15, -0.1) is 0 Å². The maximum absolute atomic E-state index is 5.74. The highest BCUT2D eigenvalue weighted by Gasteiger charge is 2.07. The van der Waals surface area contributed by atoms with E-state index in [9.17, 15) is 0 Å². The van der Waals surface area contributed by atoms with Crippen molar-refractivity contribution in [3.05, 3.63) is 54.5 Å². The number of benzene rings is 1. The molecule has 0 bridgehead atoms. The highest BCUT2D eigenvalue weighted by atomic mass is 15.3. The molecular weight excluding hydrogens is 238 g/mol. The van der Waals surface area contributed by atoms with Gasteiger partial charge in [-0.05, 0) is 19.1 Å². The number of nitrogens with two attached hydrogens (primary N) is 1. The Labute approximate surface area is 110 Å². The molecule has 3 rings (SSSR count). The van der Waals surface area contributed by atoms with Gasteiger partial charge in [0.25, 0.3) is 0 Å². The largest absolute Gasteiger partial charge is 0.384 e. The van der Waals surface area contributed by atoms with Gasteiger partial charge in [0.05, 0.1) is 17.4 Å². The normalized spacial score (nSPS) is 10.6. The zero-order valence-electron chi connectivity index (χ0n) is 10.5. The first-order chi connectivity index (χ1) is 9.22. The lowest BCUT2D eigenvalue weighted by Gasteiger charge is -2.00. The third-order valence-corrected chi connectivity index (χ3v) is 2.74. The van der Waals surface area contributed by atoms with Gasteiger partial charge in [0.15, 0.2) is 5.82 Å². The number of hydrogen-bond acceptors (Lipinski definition) is 4. The van der Waals surface area contributed by atoms with Crippen LogP contribution in [0.4, 0.5) is 5.82 Å². The van der Waals surface area contributed by atoms with Gasteiger partial charge in [-0.1, -0.05) is 18.2 Å². The van der Waals surface area contributed by atoms with Gasteiger partial charge in [-0.25, -0.2) is 14.6 Å². The standard InChI is InChI=1S/C14H13N5/c1-10-7-13(15)18-14(17-10)11-8-16-19(9-11)12-5-3-2-4-6-12/h2-9H,1H3,(H2,15,17,18). The van der Waals surface area contributed by atoms with E-state index in [1.807, 2.05) is 43.5 Å². The highest BCUT2D eigenvalue weighted by molar-refractivity contribution is 5.55. The van der Waals surface area contributed by atoms with Crippen LogP contribution in [-0.4, -0.2) is 19.7 Å². The van der Waals surface area contributed by atoms with Crippen LogP contribution < -0.4 is 5.73 Å². The molecule has 2 N–H and O–H groups in total. The first-order valence-electron chi connectivity index (χ1n) is 5.94. The predicted octanol–water partition coefficient (Wildman–Crippen LogP) is 2.22. The molecule has 0 aliphatic heterocycles. The van der Waals surface area contributed by atoms with Crippen LogP contribution in [0.3, 0.4) is 0 Å². The van der Waals surface area contributed by atoms with Gasteiger partial charge in [-0.3, -0.25) is 0 Å². The van der Waals surface area contributed by atoms with Crippen LogP contribution in [0.25, 0.3) is 17.1 Å². The summed E-state index contributed by atoms with van der Waals surface area (Å²) in [6, 6.07) is 11.6. The number of rotatable bonds is 2. The molecule has 5 nitrogen and oxygen atoms in total. The van der Waals surface area contributed by atoms with Crippen LogP contribution in [0.2, 0.25) is 0 Å². The number of nitrogens with zero attached hydrogens (tertiary/aromatic N) is 4. The number of aryl methyl sites for hydroxylation is 1. The average Bonchev–Trinajstić information content (AvgIpc) is 2.88. The summed E-state index contributed by atoms with van der Waals surface area (Å²) in [5.41, 5.74) is 8.42. The molecule has 0 atom stereocenters. The minimum Gasteiger partial charge on any atom is -0.384 e. The highest BCUT2D eigenvalue weighted by Crippen LogP contribution is 2.17. The Balaban J connectivity index is 2.02. The van der Waals surface area contributed by atoms with Gasteiger partial charge in [0.1, 0.15) is 5.82 Å². The first-order valence-corrected chi connectivity index (χ1v) is 5.94. The summed E-state index contributed by atoms with van der Waals surface area (Å²) in [6.45, 7) is 1.89. The lowest BCUT2D eigenvalue weighted by molar-refractivity contribution is 0.880. The quantitative estimate of drug-likeness (QED) is 0.758. The maximum atomic E-state index is 5.74. The molecule has 0 saturated carbocycles. The van der Waals surface area contributed by atoms with Crippen LogP contribution in [0.1, 0.15) is 5.69 Å². The molecule has 0 amide bonds. The zero-order chi connectivity index (χ0) is 13.2. The minimum atomic E-state index is 0.468. The Morgan fingerprint density at radius 1 is 1.11 bits per heavy atom. The number of hydrogen-bond donors (Lipinski definition) is 1. The number of aromatic nitrogens is 4. The van der Waals surface area contributed by atoms with E-state index in [-0.39, 0.29) is 0 Å². The van der Waals surface area contributed by atoms with Crippen molar-refractivity contribution in [2.45, 2.75) is 6.92 Å². The molecule has 5 heteroatoms. The summed E-state index contributed by atoms with van der Waals surface area (Å²) in [7, 11) is 0. The fourth-order valence-electron chi connectivity index (χ4n) is 1.88. The SMILES string of the molecule is Cc1cc(N)nc(-c2cnn(-c3ccccc3)c2)n1. The molecule has 0 fully saturated rings. The van der Waals surface area contributed by atoms with E-state index in [0.717, 1.165) is 16.9 Å². The summed E-state index contributed by atoms with van der Waals surface area (Å²) in [5, 5.41) is 4.32. The van der Waals surface area contributed by atoms with E-state index in [0.29, 0.717) is 11.6 Å². The first kappa shape index (κ1) is 11.4. The van der Waals surface area contributed by atoms with E-state index in [4.69, 9.17) is 5.73 Å². The lowest BCUT2D eigenvalue weighted by Crippen LogP contribution is -1.97. The number of nitrogen functional groups attached to an aromatic ring is 1. The van der Waals surface area contributed by atoms with Gasteiger partial charge in [0.2, 0.25) is 0 Å². The minimum absolute atomic E-state index is 0.468. The van der Waals surface area contributed by atoms with Crippen LogP contribution >= 0.6 is 0 Å². The van der Waals surface area contributed by atoms with Gasteiger partial charge in [-0.2, -0.15) is 5.10 Å². The van der Waals surface area contributed by atoms with Crippen molar-refractivity contribution < 1.29 is 0 Å². The van der Waals surface area contributed by atoms with Gasteiger partial charge < -0.3 is 5.73 Å². The molecule has 0 unspecified atom stereocenters. The maximum Gasteiger partial charge on any atom is 0.164 e. The van der Waals surface area contributed by atoms with Crippen LogP contribution in [0.5, 0.6) is 0 Å². The summed E-state index contributed by atoms with van der Waals surface area (Å²) in [6.07, 6.45) is 3.63. The Hall–Kier alpha value is -2.69. The van der Waals surface area contributed by atoms with E-state index in [2.05, 4.69) is 15.1 Å². The molecule has 1 aromatic carbocycles. The molecule has 0 spiro atoms. The molecule has 0 aliphatic rings. The number of anilines is 1. The Morgan fingerprint density at radius 3 is 2.63 bits per heavy atom. The van der Waals surface area contributed by atoms with Crippen molar-refractivity contribution in [2.75, 3.05) is 5.73 Å². The zero-order valence-corrected chi connectivity index (χ0v) is 10.5. The van der Waals surface area contributed by atoms with E-state index >= 15 is 0 Å². The lowest BCUT2D eigenvalue weighted by atomic mass is 10.3. The van der Waals surface area contributed by atoms with Crippen LogP contribution in [-0.2, 0) is 0 Å². The Bertz CT molecular complexity index is 683. The van der Waals surface area contributed by atoms with E-state index in [1.165, 1.54) is 0 Å². The molecular formula is C14H13N5. The fraction of sp³-hybridized carbons (Fsp3) is 0.0714. The summed E-state index contributed by atoms with van der Waals surface area (Å²) >= 11 is 0. The number of para-hydroxylation sites is 1. The van der Waals surface area contributed by atoms with Crippen molar-refractivity contribution in [1.29, 1.82) is 0 Å². The van der Waals surface area contributed by atoms with Crippen molar-refractivity contribution >= 4 is 5.82 Å². The van der Waals surface area contributed by atoms with Crippen molar-refractivity contribution in [3.8, 4) is 17.1 Å². The second kappa shape index (κ2) is 4.53. The van der Waals surface area contributed by atoms with E-state index in [1.54, 1.807) is 16.9 Å². The Morgan fingerprint density at radius 2 is 1.89 bits per heavy atom. The molecule has 0 radical (unpaired) electrons. The average molecular weight is 251 g/mol. The van der Waals surface area contributed by atoms with Gasteiger partial charge >= 0.3 is 0 Å². The van der Waals surface area contributed by atoms with Crippen LogP contribution in [0, 0.1) is 6.92 Å². The summed E-state index contributed by atoms with van der Waals surface area (Å²) in [4.78, 5) is 8.59. The smallest absolute Gasteiger partial charge is 0.164 e. The second-order valence-electron chi connectivity index (χ2n) is 4.27. The molecule has 94 valence electrons. The Kier molecular flexibility index (Phi) is 2.72. The predicted molar refractivity (Wildman–Crippen MR) is 73.7 cm³/mol. The summed E-state index contributed by atoms with van der Waals surface area (Å²) in [5.74, 6) is 1.06. The third-order valence-electron chi connectivity index (χ3n) is 2.74. The molecule has 2 aromatic heterocycles. The molecule has 2 heterocycles. The molecule has 0 saturated heterocycles. The molecule has 3 aromatic rings. The van der Waals surface area contributed by atoms with Crippen LogP contribution in [0.15, 0.2) is 48.8 Å². The van der Waals surface area contributed by atoms with Crippen molar-refractivity contribution in [2.24, 2.45) is 0 Å². The third kappa shape index (κ3) is 2.30. The van der Waals surface area contributed by atoms with Crippen molar-refractivity contribution in [3.63, 3.8) is 0 Å². The monoisotopic (exact) mass is 251 g/mol. The van der Waals surface area contributed by atoms with E-state index < -0.39 is 0 Å². The topological polar surface area (TPSA) is 69.6 Å².